The van der Waals surface area contributed by atoms with Crippen molar-refractivity contribution in [2.45, 2.75) is 41.6 Å². The Balaban J connectivity index is 1.39. The maximum absolute atomic E-state index is 13.7. The van der Waals surface area contributed by atoms with Crippen molar-refractivity contribution < 1.29 is 12.8 Å². The molecule has 2 unspecified atom stereocenters. The molecule has 2 atom stereocenters. The van der Waals surface area contributed by atoms with Gasteiger partial charge in [-0.15, -0.1) is 22.9 Å². The Morgan fingerprint density at radius 1 is 1.29 bits per heavy atom. The molecule has 1 aliphatic carbocycles. The highest BCUT2D eigenvalue weighted by Crippen LogP contribution is 2.36. The van der Waals surface area contributed by atoms with Crippen LogP contribution in [0.1, 0.15) is 31.0 Å². The van der Waals surface area contributed by atoms with Gasteiger partial charge in [-0.3, -0.25) is 0 Å². The SMILES string of the molecule is CC1(Cl)C=CC=CC1S(=O)(=O)C1CCN(c2nc(Cc3ccc(Cl)c(F)c3)cs2)CC1. The summed E-state index contributed by atoms with van der Waals surface area (Å²) in [5, 5.41) is 1.80. The van der Waals surface area contributed by atoms with E-state index in [2.05, 4.69) is 9.88 Å². The molecule has 1 aromatic carbocycles. The quantitative estimate of drug-likeness (QED) is 0.515. The second-order valence-corrected chi connectivity index (χ2v) is 12.5. The van der Waals surface area contributed by atoms with E-state index in [9.17, 15) is 12.8 Å². The number of sulfone groups is 1. The molecule has 166 valence electrons. The van der Waals surface area contributed by atoms with Crippen molar-refractivity contribution in [2.24, 2.45) is 0 Å². The van der Waals surface area contributed by atoms with Crippen LogP contribution in [-0.4, -0.2) is 41.9 Å². The van der Waals surface area contributed by atoms with Crippen LogP contribution in [0.2, 0.25) is 5.02 Å². The van der Waals surface area contributed by atoms with Crippen LogP contribution in [0.5, 0.6) is 0 Å². The number of halogens is 3. The summed E-state index contributed by atoms with van der Waals surface area (Å²) < 4.78 is 40.1. The predicted molar refractivity (Wildman–Crippen MR) is 127 cm³/mol. The van der Waals surface area contributed by atoms with Gasteiger partial charge in [0.2, 0.25) is 0 Å². The Morgan fingerprint density at radius 3 is 2.71 bits per heavy atom. The van der Waals surface area contributed by atoms with Gasteiger partial charge in [-0.25, -0.2) is 17.8 Å². The van der Waals surface area contributed by atoms with Crippen LogP contribution in [0.15, 0.2) is 47.9 Å². The zero-order valence-corrected chi connectivity index (χ0v) is 20.1. The zero-order chi connectivity index (χ0) is 22.2. The molecule has 0 saturated carbocycles. The van der Waals surface area contributed by atoms with Crippen LogP contribution < -0.4 is 4.90 Å². The molecule has 4 rings (SSSR count). The van der Waals surface area contributed by atoms with Gasteiger partial charge in [-0.05, 0) is 37.5 Å². The van der Waals surface area contributed by atoms with Crippen molar-refractivity contribution in [2.75, 3.05) is 18.0 Å². The lowest BCUT2D eigenvalue weighted by Gasteiger charge is -2.36. The number of anilines is 1. The van der Waals surface area contributed by atoms with Gasteiger partial charge < -0.3 is 4.90 Å². The lowest BCUT2D eigenvalue weighted by atomic mass is 10.0. The van der Waals surface area contributed by atoms with Crippen molar-refractivity contribution in [1.82, 2.24) is 4.98 Å². The summed E-state index contributed by atoms with van der Waals surface area (Å²) in [6.07, 6.45) is 8.59. The summed E-state index contributed by atoms with van der Waals surface area (Å²) in [6.45, 7) is 2.99. The third kappa shape index (κ3) is 4.85. The van der Waals surface area contributed by atoms with Gasteiger partial charge in [0.1, 0.15) is 11.1 Å². The lowest BCUT2D eigenvalue weighted by molar-refractivity contribution is 0.518. The normalized spacial score (nSPS) is 24.6. The van der Waals surface area contributed by atoms with E-state index < -0.39 is 31.0 Å². The molecule has 0 spiro atoms. The van der Waals surface area contributed by atoms with Crippen LogP contribution in [0.4, 0.5) is 9.52 Å². The highest BCUT2D eigenvalue weighted by molar-refractivity contribution is 7.93. The van der Waals surface area contributed by atoms with Crippen molar-refractivity contribution in [3.8, 4) is 0 Å². The van der Waals surface area contributed by atoms with Gasteiger partial charge in [-0.2, -0.15) is 0 Å². The van der Waals surface area contributed by atoms with E-state index in [4.69, 9.17) is 23.2 Å². The van der Waals surface area contributed by atoms with Gasteiger partial charge in [0.05, 0.1) is 20.8 Å². The van der Waals surface area contributed by atoms with Crippen molar-refractivity contribution in [3.63, 3.8) is 0 Å². The highest BCUT2D eigenvalue weighted by Gasteiger charge is 2.44. The fourth-order valence-electron chi connectivity index (χ4n) is 4.09. The number of hydrogen-bond acceptors (Lipinski definition) is 5. The number of alkyl halides is 1. The lowest BCUT2D eigenvalue weighted by Crippen LogP contribution is -2.47. The van der Waals surface area contributed by atoms with E-state index in [1.807, 2.05) is 5.38 Å². The number of allylic oxidation sites excluding steroid dienone is 3. The zero-order valence-electron chi connectivity index (χ0n) is 17.0. The molecule has 1 saturated heterocycles. The van der Waals surface area contributed by atoms with Crippen molar-refractivity contribution in [1.29, 1.82) is 0 Å². The smallest absolute Gasteiger partial charge is 0.185 e. The third-order valence-corrected chi connectivity index (χ3v) is 10.3. The van der Waals surface area contributed by atoms with E-state index in [-0.39, 0.29) is 5.02 Å². The first-order valence-corrected chi connectivity index (χ1v) is 13.3. The molecule has 0 bridgehead atoms. The summed E-state index contributed by atoms with van der Waals surface area (Å²) in [5.41, 5.74) is 1.66. The summed E-state index contributed by atoms with van der Waals surface area (Å²) in [7, 11) is -3.40. The van der Waals surface area contributed by atoms with Crippen LogP contribution in [0.3, 0.4) is 0 Å². The van der Waals surface area contributed by atoms with Crippen LogP contribution in [-0.2, 0) is 16.3 Å². The minimum absolute atomic E-state index is 0.106. The minimum atomic E-state index is -3.40. The Hall–Kier alpha value is -1.41. The molecule has 2 aromatic rings. The number of rotatable bonds is 5. The Kier molecular flexibility index (Phi) is 6.50. The van der Waals surface area contributed by atoms with E-state index in [0.29, 0.717) is 32.4 Å². The van der Waals surface area contributed by atoms with E-state index in [0.717, 1.165) is 16.4 Å². The van der Waals surface area contributed by atoms with Gasteiger partial charge >= 0.3 is 0 Å². The first-order valence-electron chi connectivity index (χ1n) is 10.1. The maximum atomic E-state index is 13.7. The molecular weight excluding hydrogens is 478 g/mol. The molecule has 4 nitrogen and oxygen atoms in total. The number of nitrogens with zero attached hydrogens (tertiary/aromatic N) is 2. The monoisotopic (exact) mass is 500 g/mol. The molecule has 0 amide bonds. The molecule has 31 heavy (non-hydrogen) atoms. The van der Waals surface area contributed by atoms with E-state index in [1.54, 1.807) is 43.4 Å². The van der Waals surface area contributed by atoms with Crippen molar-refractivity contribution >= 4 is 49.5 Å². The maximum Gasteiger partial charge on any atom is 0.185 e. The van der Waals surface area contributed by atoms with Gasteiger partial charge in [0.25, 0.3) is 0 Å². The summed E-state index contributed by atoms with van der Waals surface area (Å²) in [6, 6.07) is 4.77. The Bertz CT molecular complexity index is 1120. The number of piperidine rings is 1. The van der Waals surface area contributed by atoms with Crippen molar-refractivity contribution in [3.05, 3.63) is 70.0 Å². The van der Waals surface area contributed by atoms with E-state index in [1.165, 1.54) is 17.4 Å². The topological polar surface area (TPSA) is 50.3 Å². The standard InChI is InChI=1S/C22H23Cl2FN2O2S2/c1-22(24)9-3-2-4-20(22)31(28,29)17-7-10-27(11-8-17)21-26-16(14-30-21)12-15-5-6-18(23)19(25)13-15/h2-6,9,13-14,17,20H,7-8,10-12H2,1H3. The number of hydrogen-bond donors (Lipinski definition) is 0. The Labute approximate surface area is 196 Å². The fourth-order valence-corrected chi connectivity index (χ4v) is 7.91. The summed E-state index contributed by atoms with van der Waals surface area (Å²) >= 11 is 13.8. The van der Waals surface area contributed by atoms with Crippen LogP contribution in [0.25, 0.3) is 0 Å². The number of thiazole rings is 1. The molecule has 2 aliphatic rings. The molecule has 0 radical (unpaired) electrons. The molecule has 1 aromatic heterocycles. The second-order valence-electron chi connectivity index (χ2n) is 8.14. The largest absolute Gasteiger partial charge is 0.348 e. The average molecular weight is 501 g/mol. The minimum Gasteiger partial charge on any atom is -0.348 e. The van der Waals surface area contributed by atoms with Crippen LogP contribution >= 0.6 is 34.5 Å². The fraction of sp³-hybridized carbons (Fsp3) is 0.409. The highest BCUT2D eigenvalue weighted by atomic mass is 35.5. The summed E-state index contributed by atoms with van der Waals surface area (Å²) in [5.74, 6) is -0.436. The molecule has 1 aliphatic heterocycles. The molecule has 1 fully saturated rings. The van der Waals surface area contributed by atoms with Gasteiger partial charge in [-0.1, -0.05) is 42.0 Å². The predicted octanol–water partition coefficient (Wildman–Crippen LogP) is 5.40. The average Bonchev–Trinajstić information content (AvgIpc) is 3.19. The van der Waals surface area contributed by atoms with Gasteiger partial charge in [0.15, 0.2) is 15.0 Å². The van der Waals surface area contributed by atoms with Crippen LogP contribution in [0, 0.1) is 5.82 Å². The van der Waals surface area contributed by atoms with E-state index >= 15 is 0 Å². The second kappa shape index (κ2) is 8.85. The first-order chi connectivity index (χ1) is 14.7. The molecule has 2 heterocycles. The summed E-state index contributed by atoms with van der Waals surface area (Å²) in [4.78, 5) is 5.88. The molecule has 0 N–H and O–H groups in total. The third-order valence-electron chi connectivity index (χ3n) is 5.82. The molecular formula is C22H23Cl2FN2O2S2. The molecule has 9 heteroatoms. The number of aromatic nitrogens is 1. The van der Waals surface area contributed by atoms with Gasteiger partial charge in [0, 0.05) is 24.9 Å². The Morgan fingerprint density at radius 2 is 2.03 bits per heavy atom. The number of benzene rings is 1. The first kappa shape index (κ1) is 22.8.